The van der Waals surface area contributed by atoms with Crippen LogP contribution in [0.5, 0.6) is 17.2 Å². The van der Waals surface area contributed by atoms with Crippen LogP contribution >= 0.6 is 0 Å². The Morgan fingerprint density at radius 3 is 2.19 bits per heavy atom. The third-order valence-corrected chi connectivity index (χ3v) is 4.83. The van der Waals surface area contributed by atoms with Gasteiger partial charge in [0.05, 0.1) is 5.69 Å². The van der Waals surface area contributed by atoms with E-state index < -0.39 is 42.3 Å². The molecule has 0 spiro atoms. The number of hydrogen-bond donors (Lipinski definition) is 3. The lowest BCUT2D eigenvalue weighted by Gasteiger charge is -2.19. The minimum Gasteiger partial charge on any atom is -0.488 e. The SMILES string of the molecule is CC(=O)Nc1cc(OC(F)(F)F)ccc1OC1CCC(NC(=O)Nc2cccc(OC(F)(F)F)c2)C1. The summed E-state index contributed by atoms with van der Waals surface area (Å²) in [5, 5.41) is 7.50. The maximum atomic E-state index is 12.5. The number of halogens is 6. The second kappa shape index (κ2) is 10.8. The van der Waals surface area contributed by atoms with Crippen LogP contribution in [0.15, 0.2) is 42.5 Å². The average Bonchev–Trinajstić information content (AvgIpc) is 3.14. The van der Waals surface area contributed by atoms with E-state index >= 15 is 0 Å². The lowest BCUT2D eigenvalue weighted by Crippen LogP contribution is -2.37. The van der Waals surface area contributed by atoms with Gasteiger partial charge in [-0.25, -0.2) is 4.79 Å². The summed E-state index contributed by atoms with van der Waals surface area (Å²) in [5.74, 6) is -1.44. The quantitative estimate of drug-likeness (QED) is 0.415. The summed E-state index contributed by atoms with van der Waals surface area (Å²) in [5.41, 5.74) is 0.0699. The van der Waals surface area contributed by atoms with Crippen molar-refractivity contribution in [3.63, 3.8) is 0 Å². The van der Waals surface area contributed by atoms with E-state index in [0.717, 1.165) is 24.3 Å². The molecule has 0 bridgehead atoms. The number of ether oxygens (including phenoxy) is 3. The Hall–Kier alpha value is -3.84. The highest BCUT2D eigenvalue weighted by Crippen LogP contribution is 2.35. The maximum Gasteiger partial charge on any atom is 0.573 e. The van der Waals surface area contributed by atoms with Crippen LogP contribution in [0.2, 0.25) is 0 Å². The van der Waals surface area contributed by atoms with Crippen LogP contribution in [-0.4, -0.2) is 36.8 Å². The Morgan fingerprint density at radius 2 is 1.56 bits per heavy atom. The van der Waals surface area contributed by atoms with Gasteiger partial charge in [-0.1, -0.05) is 6.07 Å². The summed E-state index contributed by atoms with van der Waals surface area (Å²) in [4.78, 5) is 23.7. The zero-order valence-corrected chi connectivity index (χ0v) is 18.6. The van der Waals surface area contributed by atoms with Gasteiger partial charge < -0.3 is 30.2 Å². The first-order valence-corrected chi connectivity index (χ1v) is 10.5. The van der Waals surface area contributed by atoms with Crippen molar-refractivity contribution in [1.29, 1.82) is 0 Å². The molecule has 0 aromatic heterocycles. The molecule has 0 aliphatic heterocycles. The van der Waals surface area contributed by atoms with Crippen LogP contribution in [0, 0.1) is 0 Å². The summed E-state index contributed by atoms with van der Waals surface area (Å²) in [7, 11) is 0. The van der Waals surface area contributed by atoms with E-state index in [2.05, 4.69) is 25.4 Å². The minimum absolute atomic E-state index is 0.0145. The molecule has 1 fully saturated rings. The van der Waals surface area contributed by atoms with E-state index in [1.165, 1.54) is 25.1 Å². The lowest BCUT2D eigenvalue weighted by molar-refractivity contribution is -0.275. The fourth-order valence-corrected chi connectivity index (χ4v) is 3.58. The predicted octanol–water partition coefficient (Wildman–Crippen LogP) is 5.56. The zero-order chi connectivity index (χ0) is 26.5. The molecule has 1 aliphatic carbocycles. The molecule has 3 rings (SSSR count). The molecule has 0 radical (unpaired) electrons. The summed E-state index contributed by atoms with van der Waals surface area (Å²) >= 11 is 0. The van der Waals surface area contributed by atoms with Crippen molar-refractivity contribution in [1.82, 2.24) is 5.32 Å². The van der Waals surface area contributed by atoms with Gasteiger partial charge in [-0.3, -0.25) is 4.79 Å². The third-order valence-electron chi connectivity index (χ3n) is 4.83. The highest BCUT2D eigenvalue weighted by atomic mass is 19.4. The van der Waals surface area contributed by atoms with Crippen molar-refractivity contribution in [2.75, 3.05) is 10.6 Å². The largest absolute Gasteiger partial charge is 0.573 e. The second-order valence-corrected chi connectivity index (χ2v) is 7.81. The number of hydrogen-bond acceptors (Lipinski definition) is 5. The van der Waals surface area contributed by atoms with E-state index in [-0.39, 0.29) is 23.2 Å². The van der Waals surface area contributed by atoms with Crippen molar-refractivity contribution < 1.29 is 50.1 Å². The number of benzene rings is 2. The molecule has 14 heteroatoms. The molecule has 1 saturated carbocycles. The molecule has 8 nitrogen and oxygen atoms in total. The lowest BCUT2D eigenvalue weighted by atomic mass is 10.2. The van der Waals surface area contributed by atoms with Gasteiger partial charge in [0.15, 0.2) is 0 Å². The van der Waals surface area contributed by atoms with Crippen LogP contribution in [0.4, 0.5) is 42.5 Å². The first-order valence-electron chi connectivity index (χ1n) is 10.5. The molecule has 3 N–H and O–H groups in total. The average molecular weight is 521 g/mol. The van der Waals surface area contributed by atoms with E-state index in [1.807, 2.05) is 0 Å². The first-order chi connectivity index (χ1) is 16.8. The number of carbonyl (C=O) groups excluding carboxylic acids is 2. The van der Waals surface area contributed by atoms with Crippen molar-refractivity contribution in [3.05, 3.63) is 42.5 Å². The first kappa shape index (κ1) is 26.8. The number of carbonyl (C=O) groups is 2. The van der Waals surface area contributed by atoms with Crippen molar-refractivity contribution in [2.24, 2.45) is 0 Å². The molecular weight excluding hydrogens is 500 g/mol. The second-order valence-electron chi connectivity index (χ2n) is 7.81. The minimum atomic E-state index is -4.91. The Balaban J connectivity index is 1.57. The van der Waals surface area contributed by atoms with Gasteiger partial charge in [-0.2, -0.15) is 0 Å². The van der Waals surface area contributed by atoms with Crippen LogP contribution < -0.4 is 30.2 Å². The van der Waals surface area contributed by atoms with Crippen molar-refractivity contribution in [2.45, 2.75) is 51.1 Å². The highest BCUT2D eigenvalue weighted by molar-refractivity contribution is 5.91. The molecular formula is C22H21F6N3O5. The van der Waals surface area contributed by atoms with Crippen LogP contribution in [0.1, 0.15) is 26.2 Å². The fraction of sp³-hybridized carbons (Fsp3) is 0.364. The number of rotatable bonds is 7. The summed E-state index contributed by atoms with van der Waals surface area (Å²) in [6.45, 7) is 1.18. The monoisotopic (exact) mass is 521 g/mol. The van der Waals surface area contributed by atoms with E-state index in [1.54, 1.807) is 0 Å². The molecule has 36 heavy (non-hydrogen) atoms. The van der Waals surface area contributed by atoms with E-state index in [0.29, 0.717) is 19.3 Å². The third kappa shape index (κ3) is 8.74. The van der Waals surface area contributed by atoms with Gasteiger partial charge in [0.25, 0.3) is 0 Å². The summed E-state index contributed by atoms with van der Waals surface area (Å²) < 4.78 is 88.1. The maximum absolute atomic E-state index is 12.5. The van der Waals surface area contributed by atoms with Crippen molar-refractivity contribution in [3.8, 4) is 17.2 Å². The standard InChI is InChI=1S/C22H21F6N3O5/c1-12(32)29-18-11-17(36-22(26,27)28)7-8-19(18)34-15-6-5-14(9-15)31-20(33)30-13-3-2-4-16(10-13)35-21(23,24)25/h2-4,7-8,10-11,14-15H,5-6,9H2,1H3,(H,29,32)(H2,30,31,33). The van der Waals surface area contributed by atoms with Crippen LogP contribution in [-0.2, 0) is 4.79 Å². The van der Waals surface area contributed by atoms with Gasteiger partial charge in [0, 0.05) is 37.2 Å². The molecule has 3 amide bonds. The fourth-order valence-electron chi connectivity index (χ4n) is 3.58. The van der Waals surface area contributed by atoms with Gasteiger partial charge in [-0.05, 0) is 37.1 Å². The molecule has 1 aliphatic rings. The number of urea groups is 1. The number of amides is 3. The Labute approximate surface area is 200 Å². The number of nitrogens with one attached hydrogen (secondary N) is 3. The van der Waals surface area contributed by atoms with Gasteiger partial charge in [-0.15, -0.1) is 26.3 Å². The smallest absolute Gasteiger partial charge is 0.488 e. The van der Waals surface area contributed by atoms with Gasteiger partial charge in [0.1, 0.15) is 23.4 Å². The van der Waals surface area contributed by atoms with Crippen LogP contribution in [0.3, 0.4) is 0 Å². The molecule has 2 aromatic rings. The topological polar surface area (TPSA) is 97.9 Å². The molecule has 196 valence electrons. The summed E-state index contributed by atoms with van der Waals surface area (Å²) in [6.07, 6.45) is -8.88. The van der Waals surface area contributed by atoms with E-state index in [9.17, 15) is 35.9 Å². The zero-order valence-electron chi connectivity index (χ0n) is 18.6. The molecule has 2 unspecified atom stereocenters. The number of anilines is 2. The Morgan fingerprint density at radius 1 is 0.889 bits per heavy atom. The van der Waals surface area contributed by atoms with E-state index in [4.69, 9.17) is 4.74 Å². The molecule has 0 saturated heterocycles. The summed E-state index contributed by atoms with van der Waals surface area (Å²) in [6, 6.07) is 7.04. The predicted molar refractivity (Wildman–Crippen MR) is 115 cm³/mol. The van der Waals surface area contributed by atoms with Crippen LogP contribution in [0.25, 0.3) is 0 Å². The Kier molecular flexibility index (Phi) is 8.05. The van der Waals surface area contributed by atoms with Gasteiger partial charge >= 0.3 is 18.8 Å². The molecule has 2 atom stereocenters. The highest BCUT2D eigenvalue weighted by Gasteiger charge is 2.33. The van der Waals surface area contributed by atoms with Crippen molar-refractivity contribution >= 4 is 23.3 Å². The van der Waals surface area contributed by atoms with Gasteiger partial charge in [0.2, 0.25) is 5.91 Å². The normalized spacial score (nSPS) is 17.8. The Bertz CT molecular complexity index is 1090. The molecule has 0 heterocycles. The number of alkyl halides is 6. The molecule has 2 aromatic carbocycles.